The van der Waals surface area contributed by atoms with Crippen LogP contribution in [-0.4, -0.2) is 28.2 Å². The first-order valence-corrected chi connectivity index (χ1v) is 11.9. The number of nitrogens with zero attached hydrogens (tertiary/aromatic N) is 3. The number of hydrogen-bond acceptors (Lipinski definition) is 5. The molecule has 0 radical (unpaired) electrons. The highest BCUT2D eigenvalue weighted by Crippen LogP contribution is 2.38. The van der Waals surface area contributed by atoms with Gasteiger partial charge in [-0.25, -0.2) is 9.18 Å². The second kappa shape index (κ2) is 9.89. The van der Waals surface area contributed by atoms with Gasteiger partial charge in [0.15, 0.2) is 0 Å². The Labute approximate surface area is 214 Å². The number of urea groups is 1. The number of carbonyl (C=O) groups excluding carboxylic acids is 1. The number of halogens is 1. The smallest absolute Gasteiger partial charge is 0.322 e. The molecule has 0 spiro atoms. The second-order valence-corrected chi connectivity index (χ2v) is 9.09. The van der Waals surface area contributed by atoms with E-state index in [9.17, 15) is 9.18 Å². The number of rotatable bonds is 6. The van der Waals surface area contributed by atoms with Gasteiger partial charge in [-0.2, -0.15) is 4.98 Å². The van der Waals surface area contributed by atoms with Gasteiger partial charge in [0.05, 0.1) is 25.3 Å². The van der Waals surface area contributed by atoms with Gasteiger partial charge in [-0.3, -0.25) is 4.90 Å². The van der Waals surface area contributed by atoms with Crippen LogP contribution in [-0.2, 0) is 6.54 Å². The van der Waals surface area contributed by atoms with Gasteiger partial charge in [-0.1, -0.05) is 47.6 Å². The molecule has 0 aliphatic carbocycles. The molecule has 1 N–H and O–H groups in total. The first kappa shape index (κ1) is 24.2. The van der Waals surface area contributed by atoms with E-state index in [4.69, 9.17) is 14.2 Å². The molecule has 3 aromatic carbocycles. The van der Waals surface area contributed by atoms with Crippen molar-refractivity contribution < 1.29 is 18.4 Å². The molecule has 8 heteroatoms. The number of ether oxygens (including phenoxy) is 1. The monoisotopic (exact) mass is 498 g/mol. The number of methoxy groups -OCH3 is 1. The van der Waals surface area contributed by atoms with E-state index in [1.165, 1.54) is 12.1 Å². The van der Waals surface area contributed by atoms with E-state index in [1.54, 1.807) is 24.1 Å². The number of aromatic nitrogens is 2. The van der Waals surface area contributed by atoms with Crippen molar-refractivity contribution in [2.75, 3.05) is 7.11 Å². The summed E-state index contributed by atoms with van der Waals surface area (Å²) in [6.45, 7) is 6.20. The SMILES string of the molecule is COc1cccc(-c2noc(C3=C(C)N(Cc4ccc(F)cc4)C(=O)NC3c3ccc(C)c(C)c3)n2)c1. The third-order valence-electron chi connectivity index (χ3n) is 6.70. The summed E-state index contributed by atoms with van der Waals surface area (Å²) in [5.74, 6) is 1.07. The molecular weight excluding hydrogens is 471 g/mol. The highest BCUT2D eigenvalue weighted by Gasteiger charge is 2.36. The number of allylic oxidation sites excluding steroid dienone is 1. The van der Waals surface area contributed by atoms with Crippen LogP contribution in [0, 0.1) is 19.7 Å². The molecule has 1 aliphatic rings. The van der Waals surface area contributed by atoms with E-state index in [2.05, 4.69) is 16.5 Å². The van der Waals surface area contributed by atoms with Crippen LogP contribution in [0.25, 0.3) is 17.0 Å². The van der Waals surface area contributed by atoms with Crippen LogP contribution in [0.1, 0.15) is 41.1 Å². The quantitative estimate of drug-likeness (QED) is 0.342. The summed E-state index contributed by atoms with van der Waals surface area (Å²) in [5, 5.41) is 7.33. The Morgan fingerprint density at radius 2 is 1.81 bits per heavy atom. The average molecular weight is 499 g/mol. The van der Waals surface area contributed by atoms with Crippen molar-refractivity contribution in [1.29, 1.82) is 0 Å². The minimum absolute atomic E-state index is 0.262. The summed E-state index contributed by atoms with van der Waals surface area (Å²) in [6, 6.07) is 18.8. The maximum atomic E-state index is 13.5. The number of carbonyl (C=O) groups is 1. The second-order valence-electron chi connectivity index (χ2n) is 9.09. The van der Waals surface area contributed by atoms with Crippen molar-refractivity contribution in [2.45, 2.75) is 33.4 Å². The van der Waals surface area contributed by atoms with Crippen LogP contribution in [0.15, 0.2) is 77.0 Å². The molecule has 1 aromatic heterocycles. The zero-order valence-corrected chi connectivity index (χ0v) is 21.1. The molecule has 1 atom stereocenters. The molecule has 188 valence electrons. The summed E-state index contributed by atoms with van der Waals surface area (Å²) >= 11 is 0. The van der Waals surface area contributed by atoms with Crippen LogP contribution in [0.3, 0.4) is 0 Å². The molecular formula is C29H27FN4O3. The normalized spacial score (nSPS) is 15.6. The third kappa shape index (κ3) is 4.82. The lowest BCUT2D eigenvalue weighted by Crippen LogP contribution is -2.45. The van der Waals surface area contributed by atoms with Crippen LogP contribution < -0.4 is 10.1 Å². The van der Waals surface area contributed by atoms with E-state index >= 15 is 0 Å². The predicted molar refractivity (Wildman–Crippen MR) is 138 cm³/mol. The van der Waals surface area contributed by atoms with E-state index < -0.39 is 6.04 Å². The topological polar surface area (TPSA) is 80.5 Å². The van der Waals surface area contributed by atoms with Gasteiger partial charge >= 0.3 is 6.03 Å². The highest BCUT2D eigenvalue weighted by molar-refractivity contribution is 5.87. The predicted octanol–water partition coefficient (Wildman–Crippen LogP) is 6.20. The molecule has 7 nitrogen and oxygen atoms in total. The molecule has 0 bridgehead atoms. The summed E-state index contributed by atoms with van der Waals surface area (Å²) in [6.07, 6.45) is 0. The van der Waals surface area contributed by atoms with Crippen molar-refractivity contribution >= 4 is 11.6 Å². The van der Waals surface area contributed by atoms with Crippen molar-refractivity contribution in [3.05, 3.63) is 106 Å². The maximum Gasteiger partial charge on any atom is 0.322 e. The number of nitrogens with one attached hydrogen (secondary N) is 1. The summed E-state index contributed by atoms with van der Waals surface area (Å²) in [7, 11) is 1.60. The first-order chi connectivity index (χ1) is 17.8. The van der Waals surface area contributed by atoms with Crippen molar-refractivity contribution in [1.82, 2.24) is 20.4 Å². The number of hydrogen-bond donors (Lipinski definition) is 1. The van der Waals surface area contributed by atoms with Gasteiger partial charge in [0.25, 0.3) is 5.89 Å². The third-order valence-corrected chi connectivity index (χ3v) is 6.70. The Balaban J connectivity index is 1.60. The lowest BCUT2D eigenvalue weighted by atomic mass is 9.92. The average Bonchev–Trinajstić information content (AvgIpc) is 3.39. The molecule has 0 saturated carbocycles. The van der Waals surface area contributed by atoms with Gasteiger partial charge in [0.1, 0.15) is 11.6 Å². The fourth-order valence-electron chi connectivity index (χ4n) is 4.43. The van der Waals surface area contributed by atoms with Crippen LogP contribution in [0.2, 0.25) is 0 Å². The molecule has 0 fully saturated rings. The zero-order valence-electron chi connectivity index (χ0n) is 21.1. The Morgan fingerprint density at radius 3 is 2.54 bits per heavy atom. The Morgan fingerprint density at radius 1 is 1.03 bits per heavy atom. The standard InChI is InChI=1S/C29H27FN4O3/c1-17-8-11-21(14-18(17)2)26-25(28-32-27(33-37-28)22-6-5-7-24(15-22)36-4)19(3)34(29(35)31-26)16-20-9-12-23(30)13-10-20/h5-15,26H,16H2,1-4H3,(H,31,35). The maximum absolute atomic E-state index is 13.5. The minimum Gasteiger partial charge on any atom is -0.497 e. The van der Waals surface area contributed by atoms with E-state index in [1.807, 2.05) is 57.2 Å². The van der Waals surface area contributed by atoms with Crippen molar-refractivity contribution in [2.24, 2.45) is 0 Å². The van der Waals surface area contributed by atoms with Gasteiger partial charge < -0.3 is 14.6 Å². The molecule has 5 rings (SSSR count). The molecule has 0 saturated heterocycles. The number of amides is 2. The van der Waals surface area contributed by atoms with E-state index in [0.717, 1.165) is 27.8 Å². The largest absolute Gasteiger partial charge is 0.497 e. The van der Waals surface area contributed by atoms with E-state index in [0.29, 0.717) is 28.7 Å². The van der Waals surface area contributed by atoms with Gasteiger partial charge in [0, 0.05) is 11.3 Å². The summed E-state index contributed by atoms with van der Waals surface area (Å²) in [5.41, 5.74) is 6.10. The fourth-order valence-corrected chi connectivity index (χ4v) is 4.43. The molecule has 1 aliphatic heterocycles. The highest BCUT2D eigenvalue weighted by atomic mass is 19.1. The summed E-state index contributed by atoms with van der Waals surface area (Å²) in [4.78, 5) is 19.6. The van der Waals surface area contributed by atoms with Crippen LogP contribution in [0.4, 0.5) is 9.18 Å². The lowest BCUT2D eigenvalue weighted by Gasteiger charge is -2.35. The number of aryl methyl sites for hydroxylation is 2. The van der Waals surface area contributed by atoms with Crippen molar-refractivity contribution in [3.63, 3.8) is 0 Å². The van der Waals surface area contributed by atoms with Gasteiger partial charge in [-0.15, -0.1) is 0 Å². The molecule has 1 unspecified atom stereocenters. The van der Waals surface area contributed by atoms with Gasteiger partial charge in [0.2, 0.25) is 5.82 Å². The first-order valence-electron chi connectivity index (χ1n) is 11.9. The number of benzene rings is 3. The Kier molecular flexibility index (Phi) is 6.48. The van der Waals surface area contributed by atoms with Crippen molar-refractivity contribution in [3.8, 4) is 17.1 Å². The van der Waals surface area contributed by atoms with Crippen LogP contribution >= 0.6 is 0 Å². The minimum atomic E-state index is -0.491. The van der Waals surface area contributed by atoms with Crippen LogP contribution in [0.5, 0.6) is 5.75 Å². The fraction of sp³-hybridized carbons (Fsp3) is 0.207. The molecule has 37 heavy (non-hydrogen) atoms. The molecule has 4 aromatic rings. The van der Waals surface area contributed by atoms with Gasteiger partial charge in [-0.05, 0) is 67.3 Å². The zero-order chi connectivity index (χ0) is 26.1. The summed E-state index contributed by atoms with van der Waals surface area (Å²) < 4.78 is 24.6. The van der Waals surface area contributed by atoms with E-state index in [-0.39, 0.29) is 18.4 Å². The lowest BCUT2D eigenvalue weighted by molar-refractivity contribution is 0.203. The molecule has 2 amide bonds. The Bertz CT molecular complexity index is 1490. The Hall–Kier alpha value is -4.46. The molecule has 2 heterocycles.